The van der Waals surface area contributed by atoms with Gasteiger partial charge in [-0.1, -0.05) is 22.0 Å². The molecule has 1 aromatic rings. The number of methoxy groups -OCH3 is 2. The quantitative estimate of drug-likeness (QED) is 0.690. The van der Waals surface area contributed by atoms with E-state index in [1.165, 1.54) is 5.56 Å². The largest absolute Gasteiger partial charge is 0.383 e. The Morgan fingerprint density at radius 2 is 2.11 bits per heavy atom. The van der Waals surface area contributed by atoms with E-state index in [1.54, 1.807) is 14.2 Å². The van der Waals surface area contributed by atoms with E-state index in [4.69, 9.17) is 9.47 Å². The average molecular weight is 439 g/mol. The summed E-state index contributed by atoms with van der Waals surface area (Å²) in [6, 6.07) is 5.80. The summed E-state index contributed by atoms with van der Waals surface area (Å²) in [6.45, 7) is 0.558. The molecule has 0 bridgehead atoms. The lowest BCUT2D eigenvalue weighted by molar-refractivity contribution is -0.116. The highest BCUT2D eigenvalue weighted by atomic mass is 79.9. The van der Waals surface area contributed by atoms with Crippen molar-refractivity contribution in [2.75, 3.05) is 27.4 Å². The number of carbonyl (C=O) groups excluding carboxylic acids is 2. The summed E-state index contributed by atoms with van der Waals surface area (Å²) in [5, 5.41) is 3.15. The van der Waals surface area contributed by atoms with Crippen molar-refractivity contribution in [1.82, 2.24) is 10.2 Å². The lowest BCUT2D eigenvalue weighted by Gasteiger charge is -2.42. The number of ether oxygens (including phenoxy) is 2. The molecule has 1 spiro atoms. The van der Waals surface area contributed by atoms with E-state index in [-0.39, 0.29) is 30.1 Å². The van der Waals surface area contributed by atoms with Gasteiger partial charge in [-0.05, 0) is 60.8 Å². The third-order valence-electron chi connectivity index (χ3n) is 6.03. The molecule has 1 aromatic carbocycles. The van der Waals surface area contributed by atoms with Crippen LogP contribution >= 0.6 is 15.9 Å². The Morgan fingerprint density at radius 1 is 1.37 bits per heavy atom. The highest BCUT2D eigenvalue weighted by molar-refractivity contribution is 9.10. The number of carbonyl (C=O) groups is 2. The molecule has 0 heterocycles. The fraction of sp³-hybridized carbons (Fsp3) is 0.600. The molecule has 2 aliphatic rings. The van der Waals surface area contributed by atoms with Gasteiger partial charge < -0.3 is 14.8 Å². The highest BCUT2D eigenvalue weighted by Gasteiger charge is 2.48. The van der Waals surface area contributed by atoms with Crippen molar-refractivity contribution in [2.45, 2.75) is 44.2 Å². The van der Waals surface area contributed by atoms with Crippen molar-refractivity contribution in [1.29, 1.82) is 0 Å². The molecule has 3 amide bonds. The predicted octanol–water partition coefficient (Wildman–Crippen LogP) is 3.44. The first-order valence-electron chi connectivity index (χ1n) is 9.35. The van der Waals surface area contributed by atoms with E-state index in [1.807, 2.05) is 6.07 Å². The second-order valence-electron chi connectivity index (χ2n) is 7.49. The Bertz CT molecular complexity index is 689. The Morgan fingerprint density at radius 3 is 2.74 bits per heavy atom. The first-order chi connectivity index (χ1) is 13.0. The smallest absolute Gasteiger partial charge is 0.324 e. The van der Waals surface area contributed by atoms with E-state index in [9.17, 15) is 9.59 Å². The predicted molar refractivity (Wildman–Crippen MR) is 105 cm³/mol. The molecule has 0 saturated heterocycles. The minimum Gasteiger partial charge on any atom is -0.383 e. The van der Waals surface area contributed by atoms with Crippen LogP contribution in [0.25, 0.3) is 0 Å². The second kappa shape index (κ2) is 8.71. The summed E-state index contributed by atoms with van der Waals surface area (Å²) in [5.41, 5.74) is 2.39. The van der Waals surface area contributed by atoms with Gasteiger partial charge in [0.05, 0.1) is 25.3 Å². The van der Waals surface area contributed by atoms with E-state index in [0.29, 0.717) is 13.0 Å². The summed E-state index contributed by atoms with van der Waals surface area (Å²) < 4.78 is 11.5. The van der Waals surface area contributed by atoms with Crippen LogP contribution in [0.3, 0.4) is 0 Å². The topological polar surface area (TPSA) is 67.9 Å². The number of nitrogens with zero attached hydrogens (tertiary/aromatic N) is 1. The lowest BCUT2D eigenvalue weighted by Crippen LogP contribution is -2.47. The maximum atomic E-state index is 12.8. The number of rotatable bonds is 6. The highest BCUT2D eigenvalue weighted by Crippen LogP contribution is 2.54. The number of urea groups is 1. The fourth-order valence-electron chi connectivity index (χ4n) is 4.50. The van der Waals surface area contributed by atoms with Gasteiger partial charge in [-0.3, -0.25) is 9.69 Å². The molecular formula is C20H27BrN2O4. The summed E-state index contributed by atoms with van der Waals surface area (Å²) in [6.07, 6.45) is 5.74. The summed E-state index contributed by atoms with van der Waals surface area (Å²) in [7, 11) is 3.31. The zero-order valence-electron chi connectivity index (χ0n) is 15.9. The van der Waals surface area contributed by atoms with Gasteiger partial charge in [0, 0.05) is 18.7 Å². The molecule has 148 valence electrons. The minimum absolute atomic E-state index is 0.0242. The van der Waals surface area contributed by atoms with Gasteiger partial charge in [0.25, 0.3) is 0 Å². The molecule has 2 aliphatic carbocycles. The van der Waals surface area contributed by atoms with Crippen molar-refractivity contribution in [3.8, 4) is 0 Å². The van der Waals surface area contributed by atoms with Crippen LogP contribution in [0.2, 0.25) is 0 Å². The number of halogens is 1. The van der Waals surface area contributed by atoms with Crippen LogP contribution < -0.4 is 5.32 Å². The normalized spacial score (nSPS) is 26.6. The number of hydrogen-bond donors (Lipinski definition) is 1. The van der Waals surface area contributed by atoms with Gasteiger partial charge in [0.2, 0.25) is 6.41 Å². The third-order valence-corrected chi connectivity index (χ3v) is 6.52. The molecule has 27 heavy (non-hydrogen) atoms. The molecule has 1 saturated carbocycles. The maximum Gasteiger partial charge on any atom is 0.324 e. The van der Waals surface area contributed by atoms with Gasteiger partial charge in [-0.2, -0.15) is 0 Å². The van der Waals surface area contributed by atoms with Crippen molar-refractivity contribution in [2.24, 2.45) is 5.41 Å². The van der Waals surface area contributed by atoms with E-state index in [0.717, 1.165) is 47.0 Å². The van der Waals surface area contributed by atoms with Crippen LogP contribution in [-0.2, 0) is 20.7 Å². The molecule has 1 fully saturated rings. The van der Waals surface area contributed by atoms with Crippen LogP contribution in [-0.4, -0.2) is 50.8 Å². The molecule has 3 rings (SSSR count). The Labute approximate surface area is 168 Å². The van der Waals surface area contributed by atoms with Crippen LogP contribution in [0, 0.1) is 5.41 Å². The number of amides is 3. The van der Waals surface area contributed by atoms with Crippen molar-refractivity contribution in [3.05, 3.63) is 33.8 Å². The first-order valence-corrected chi connectivity index (χ1v) is 10.1. The first kappa shape index (κ1) is 20.3. The number of benzene rings is 1. The average Bonchev–Trinajstić information content (AvgIpc) is 2.95. The second-order valence-corrected chi connectivity index (χ2v) is 8.41. The number of imide groups is 1. The van der Waals surface area contributed by atoms with Crippen LogP contribution in [0.15, 0.2) is 22.7 Å². The van der Waals surface area contributed by atoms with Crippen molar-refractivity contribution < 1.29 is 19.1 Å². The van der Waals surface area contributed by atoms with Gasteiger partial charge in [0.15, 0.2) is 0 Å². The number of fused-ring (bicyclic) bond motifs is 1. The molecule has 1 N–H and O–H groups in total. The number of hydrogen-bond acceptors (Lipinski definition) is 4. The third kappa shape index (κ3) is 4.20. The van der Waals surface area contributed by atoms with E-state index >= 15 is 0 Å². The van der Waals surface area contributed by atoms with E-state index in [2.05, 4.69) is 33.4 Å². The molecule has 0 radical (unpaired) electrons. The molecule has 0 aromatic heterocycles. The lowest BCUT2D eigenvalue weighted by atomic mass is 9.68. The zero-order valence-corrected chi connectivity index (χ0v) is 17.5. The van der Waals surface area contributed by atoms with Gasteiger partial charge in [-0.25, -0.2) is 4.79 Å². The van der Waals surface area contributed by atoms with Crippen molar-refractivity contribution in [3.63, 3.8) is 0 Å². The zero-order chi connectivity index (χ0) is 19.4. The van der Waals surface area contributed by atoms with E-state index < -0.39 is 0 Å². The SMILES string of the molecule is COCCN(C=O)C(=O)NC1c2cc(Br)ccc2CC12CCC(OC)CC2. The van der Waals surface area contributed by atoms with Crippen LogP contribution in [0.4, 0.5) is 4.79 Å². The molecular weight excluding hydrogens is 412 g/mol. The summed E-state index contributed by atoms with van der Waals surface area (Å²) in [5.74, 6) is 0. The van der Waals surface area contributed by atoms with Gasteiger partial charge >= 0.3 is 6.03 Å². The molecule has 1 atom stereocenters. The molecule has 7 heteroatoms. The van der Waals surface area contributed by atoms with Crippen LogP contribution in [0.5, 0.6) is 0 Å². The maximum absolute atomic E-state index is 12.8. The van der Waals surface area contributed by atoms with Gasteiger partial charge in [-0.15, -0.1) is 0 Å². The molecule has 1 unspecified atom stereocenters. The van der Waals surface area contributed by atoms with Gasteiger partial charge in [0.1, 0.15) is 0 Å². The number of nitrogens with one attached hydrogen (secondary N) is 1. The fourth-order valence-corrected chi connectivity index (χ4v) is 4.88. The molecule has 6 nitrogen and oxygen atoms in total. The monoisotopic (exact) mass is 438 g/mol. The summed E-state index contributed by atoms with van der Waals surface area (Å²) in [4.78, 5) is 25.3. The standard InChI is InChI=1S/C20H27BrN2O4/c1-26-10-9-23(13-24)19(25)22-18-17-11-15(21)4-3-14(17)12-20(18)7-5-16(27-2)6-8-20/h3-4,11,13,16,18H,5-10,12H2,1-2H3,(H,22,25). The minimum atomic E-state index is -0.367. The Kier molecular flexibility index (Phi) is 6.55. The Hall–Kier alpha value is -1.44. The Balaban J connectivity index is 1.85. The van der Waals surface area contributed by atoms with Crippen LogP contribution in [0.1, 0.15) is 42.9 Å². The summed E-state index contributed by atoms with van der Waals surface area (Å²) >= 11 is 3.55. The van der Waals surface area contributed by atoms with Crippen molar-refractivity contribution >= 4 is 28.4 Å². The molecule has 0 aliphatic heterocycles.